The molecule has 26 nitrogen and oxygen atoms in total. The zero-order valence-electron chi connectivity index (χ0n) is 41.4. The second kappa shape index (κ2) is 30.8. The Balaban J connectivity index is 7.71. The van der Waals surface area contributed by atoms with Gasteiger partial charge in [0.2, 0.25) is 5.91 Å². The maximum absolute atomic E-state index is 12.9. The topological polar surface area (TPSA) is 242 Å². The molecule has 0 aromatic heterocycles. The van der Waals surface area contributed by atoms with Crippen LogP contribution < -0.4 is 0 Å². The lowest BCUT2D eigenvalue weighted by atomic mass is 9.97. The van der Waals surface area contributed by atoms with Crippen LogP contribution in [0.5, 0.6) is 0 Å². The Labute approximate surface area is 389 Å². The molecule has 0 heterocycles. The molecule has 34 heteroatoms. The summed E-state index contributed by atoms with van der Waals surface area (Å²) in [6, 6.07) is 0.0300. The van der Waals surface area contributed by atoms with E-state index in [1.165, 1.54) is 135 Å². The first-order valence-corrected chi connectivity index (χ1v) is 33.3. The summed E-state index contributed by atoms with van der Waals surface area (Å²) < 4.78 is 142. The summed E-state index contributed by atoms with van der Waals surface area (Å²) >= 11 is 0. The predicted octanol–water partition coefficient (Wildman–Crippen LogP) is 1.26. The van der Waals surface area contributed by atoms with E-state index < -0.39 is 71.9 Å². The molecule has 0 saturated heterocycles. The van der Waals surface area contributed by atoms with Crippen molar-refractivity contribution < 1.29 is 109 Å². The lowest BCUT2D eigenvalue weighted by molar-refractivity contribution is -0.129. The fraction of sp³-hybridized carbons (Fsp3) is 0.967. The van der Waals surface area contributed by atoms with E-state index in [0.29, 0.717) is 38.8 Å². The Morgan fingerprint density at radius 3 is 0.703 bits per heavy atom. The lowest BCUT2D eigenvalue weighted by Gasteiger charge is -2.41. The van der Waals surface area contributed by atoms with Gasteiger partial charge in [-0.2, -0.15) is 0 Å². The van der Waals surface area contributed by atoms with Crippen LogP contribution in [0.2, 0.25) is 12.1 Å². The minimum Gasteiger partial charge on any atom is -0.355 e. The van der Waals surface area contributed by atoms with Crippen LogP contribution in [0.25, 0.3) is 0 Å². The molecule has 0 rings (SSSR count). The Bertz CT molecular complexity index is 1010. The molecule has 0 atom stereocenters. The first kappa shape index (κ1) is 64.2. The molecule has 0 unspecified atom stereocenters. The van der Waals surface area contributed by atoms with Crippen molar-refractivity contribution >= 4 is 77.8 Å². The van der Waals surface area contributed by atoms with Gasteiger partial charge in [-0.05, 0) is 38.5 Å². The molecule has 0 saturated carbocycles. The third kappa shape index (κ3) is 17.9. The molecule has 0 aromatic carbocycles. The molecule has 0 aliphatic carbocycles. The summed E-state index contributed by atoms with van der Waals surface area (Å²) in [7, 11) is -8.61. The lowest BCUT2D eigenvalue weighted by Crippen LogP contribution is -2.69. The standard InChI is InChI=1S/C30H77NO25Si8/c1-21-31(29(2)32)28-30(24-22-26-57(51-59(33-3,34-4)35-5,52-60(36-6,37-7)38-8)53-61(39-9,40-10)41-11)25-23-27-58(54-62(42-12,43-13)44-14,55-63(45-15,46-16)47-17)56-64(48-18,49-19)50-20/h30H,21-28H2,1-20H3. The van der Waals surface area contributed by atoms with Crippen molar-refractivity contribution in [2.75, 3.05) is 141 Å². The summed E-state index contributed by atoms with van der Waals surface area (Å²) in [5, 5.41) is 0. The summed E-state index contributed by atoms with van der Waals surface area (Å²) in [5.41, 5.74) is 0. The Morgan fingerprint density at radius 1 is 0.375 bits per heavy atom. The zero-order chi connectivity index (χ0) is 49.4. The predicted molar refractivity (Wildman–Crippen MR) is 238 cm³/mol. The molecule has 0 aliphatic heterocycles. The van der Waals surface area contributed by atoms with Crippen molar-refractivity contribution in [1.82, 2.24) is 4.90 Å². The van der Waals surface area contributed by atoms with Gasteiger partial charge in [-0.1, -0.05) is 0 Å². The number of carbonyl (C=O) groups is 1. The first-order chi connectivity index (χ1) is 30.3. The minimum absolute atomic E-state index is 0.0150. The molecule has 0 spiro atoms. The summed E-state index contributed by atoms with van der Waals surface area (Å²) in [6.45, 7) is 4.15. The van der Waals surface area contributed by atoms with E-state index in [9.17, 15) is 4.79 Å². The molecule has 0 N–H and O–H groups in total. The SMILES string of the molecule is CCN(CC(CCC[Si](O[Si](OC)(OC)OC)(O[Si](OC)(OC)OC)O[Si](OC)(OC)OC)CCC[Si](O[Si](OC)(OC)OC)(O[Si](OC)(OC)OC)O[Si](OC)(OC)OC)C(C)=O. The Kier molecular flexibility index (Phi) is 30.9. The van der Waals surface area contributed by atoms with Gasteiger partial charge in [0.15, 0.2) is 0 Å². The van der Waals surface area contributed by atoms with Crippen molar-refractivity contribution in [3.05, 3.63) is 0 Å². The largest absolute Gasteiger partial charge is 0.671 e. The van der Waals surface area contributed by atoms with Gasteiger partial charge in [0.1, 0.15) is 0 Å². The van der Waals surface area contributed by atoms with Gasteiger partial charge in [-0.15, -0.1) is 0 Å². The molecule has 1 amide bonds. The van der Waals surface area contributed by atoms with E-state index in [1.807, 2.05) is 6.92 Å². The minimum atomic E-state index is -4.39. The van der Waals surface area contributed by atoms with Gasteiger partial charge in [-0.3, -0.25) is 4.79 Å². The maximum atomic E-state index is 12.9. The van der Waals surface area contributed by atoms with Crippen molar-refractivity contribution in [1.29, 1.82) is 0 Å². The van der Waals surface area contributed by atoms with E-state index in [4.69, 9.17) is 104 Å². The van der Waals surface area contributed by atoms with Crippen LogP contribution in [0.1, 0.15) is 39.5 Å². The van der Waals surface area contributed by atoms with Crippen molar-refractivity contribution in [3.63, 3.8) is 0 Å². The highest BCUT2D eigenvalue weighted by molar-refractivity contribution is 6.83. The number of nitrogens with zero attached hydrogens (tertiary/aromatic N) is 1. The molecule has 0 aliphatic rings. The van der Waals surface area contributed by atoms with Crippen molar-refractivity contribution in [2.45, 2.75) is 51.6 Å². The molecule has 0 radical (unpaired) electrons. The number of hydrogen-bond acceptors (Lipinski definition) is 25. The normalized spacial score (nSPS) is 14.0. The van der Waals surface area contributed by atoms with Crippen molar-refractivity contribution in [2.24, 2.45) is 5.92 Å². The monoisotopic (exact) mass is 1080 g/mol. The summed E-state index contributed by atoms with van der Waals surface area (Å²) in [5.74, 6) is -0.353. The smallest absolute Gasteiger partial charge is 0.355 e. The molecule has 384 valence electrons. The van der Waals surface area contributed by atoms with E-state index in [2.05, 4.69) is 0 Å². The fourth-order valence-corrected chi connectivity index (χ4v) is 31.3. The molecule has 64 heavy (non-hydrogen) atoms. The molecule has 0 aromatic rings. The van der Waals surface area contributed by atoms with Crippen LogP contribution in [-0.4, -0.2) is 224 Å². The van der Waals surface area contributed by atoms with E-state index in [0.717, 1.165) is 0 Å². The van der Waals surface area contributed by atoms with Crippen LogP contribution in [0.3, 0.4) is 0 Å². The third-order valence-electron chi connectivity index (χ3n) is 9.68. The average molecular weight is 1080 g/mol. The zero-order valence-corrected chi connectivity index (χ0v) is 49.4. The highest BCUT2D eigenvalue weighted by atomic mass is 28.5. The van der Waals surface area contributed by atoms with Gasteiger partial charge in [-0.25, -0.2) is 0 Å². The van der Waals surface area contributed by atoms with Crippen LogP contribution >= 0.6 is 0 Å². The Hall–Kier alpha value is 0.245. The van der Waals surface area contributed by atoms with E-state index in [-0.39, 0.29) is 23.9 Å². The van der Waals surface area contributed by atoms with Gasteiger partial charge < -0.3 is 109 Å². The molecular weight excluding hydrogens is 999 g/mol. The molecule has 0 bridgehead atoms. The Morgan fingerprint density at radius 2 is 0.562 bits per heavy atom. The first-order valence-electron chi connectivity index (χ1n) is 19.7. The van der Waals surface area contributed by atoms with Gasteiger partial charge >= 0.3 is 71.9 Å². The van der Waals surface area contributed by atoms with Gasteiger partial charge in [0.05, 0.1) is 0 Å². The second-order valence-electron chi connectivity index (χ2n) is 12.9. The van der Waals surface area contributed by atoms with E-state index in [1.54, 1.807) is 4.90 Å². The van der Waals surface area contributed by atoms with E-state index >= 15 is 0 Å². The maximum Gasteiger partial charge on any atom is 0.671 e. The van der Waals surface area contributed by atoms with Crippen molar-refractivity contribution in [3.8, 4) is 0 Å². The van der Waals surface area contributed by atoms with Gasteiger partial charge in [0, 0.05) is 160 Å². The summed E-state index contributed by atoms with van der Waals surface area (Å²) in [6.07, 6.45) is 1.50. The highest BCUT2D eigenvalue weighted by Gasteiger charge is 2.67. The van der Waals surface area contributed by atoms with Gasteiger partial charge in [0.25, 0.3) is 0 Å². The number of carbonyl (C=O) groups excluding carboxylic acids is 1. The second-order valence-corrected chi connectivity index (χ2v) is 34.8. The number of amides is 1. The molecule has 0 fully saturated rings. The van der Waals surface area contributed by atoms with Crippen LogP contribution in [0.4, 0.5) is 0 Å². The summed E-state index contributed by atoms with van der Waals surface area (Å²) in [4.78, 5) is 14.6. The van der Waals surface area contributed by atoms with Crippen LogP contribution in [-0.2, 0) is 109 Å². The average Bonchev–Trinajstić information content (AvgIpc) is 3.33. The van der Waals surface area contributed by atoms with Crippen LogP contribution in [0.15, 0.2) is 0 Å². The third-order valence-corrected chi connectivity index (χ3v) is 34.1. The molecular formula is C30H77NO25Si8. The number of rotatable bonds is 41. The number of hydrogen-bond donors (Lipinski definition) is 0. The quantitative estimate of drug-likeness (QED) is 0.0783. The fourth-order valence-electron chi connectivity index (χ4n) is 6.16. The highest BCUT2D eigenvalue weighted by Crippen LogP contribution is 2.36. The van der Waals surface area contributed by atoms with Crippen LogP contribution in [0, 0.1) is 5.92 Å².